The van der Waals surface area contributed by atoms with E-state index in [2.05, 4.69) is 38.8 Å². The Balaban J connectivity index is 1.89. The molecule has 2 aromatic carbocycles. The van der Waals surface area contributed by atoms with E-state index in [1.54, 1.807) is 30.3 Å². The van der Waals surface area contributed by atoms with Gasteiger partial charge in [0.1, 0.15) is 0 Å². The van der Waals surface area contributed by atoms with Gasteiger partial charge in [-0.1, -0.05) is 29.8 Å². The fourth-order valence-electron chi connectivity index (χ4n) is 1.82. The van der Waals surface area contributed by atoms with Crippen LogP contribution in [0.3, 0.4) is 0 Å². The minimum atomic E-state index is -0.336. The van der Waals surface area contributed by atoms with Gasteiger partial charge in [0.25, 0.3) is 11.8 Å². The summed E-state index contributed by atoms with van der Waals surface area (Å²) in [6.07, 6.45) is 0. The van der Waals surface area contributed by atoms with E-state index in [1.165, 1.54) is 0 Å². The van der Waals surface area contributed by atoms with Crippen molar-refractivity contribution < 1.29 is 9.59 Å². The lowest BCUT2D eigenvalue weighted by molar-refractivity contribution is 0.0934. The molecule has 0 aliphatic rings. The third-order valence-electron chi connectivity index (χ3n) is 2.92. The van der Waals surface area contributed by atoms with Gasteiger partial charge in [-0.2, -0.15) is 0 Å². The zero-order valence-electron chi connectivity index (χ0n) is 12.2. The average molecular weight is 439 g/mol. The van der Waals surface area contributed by atoms with Gasteiger partial charge in [0, 0.05) is 9.13 Å². The second-order valence-electron chi connectivity index (χ2n) is 4.71. The minimum Gasteiger partial charge on any atom is -0.298 e. The van der Waals surface area contributed by atoms with Crippen LogP contribution < -0.4 is 16.2 Å². The molecule has 0 bridgehead atoms. The Labute approximate surface area is 153 Å². The number of hydrogen-bond acceptors (Lipinski definition) is 3. The number of hydrazine groups is 1. The highest BCUT2D eigenvalue weighted by Gasteiger charge is 2.11. The van der Waals surface area contributed by atoms with Gasteiger partial charge in [0.2, 0.25) is 0 Å². The van der Waals surface area contributed by atoms with Crippen LogP contribution in [0, 0.1) is 10.5 Å². The molecule has 0 aliphatic carbocycles. The van der Waals surface area contributed by atoms with Crippen molar-refractivity contribution in [1.29, 1.82) is 0 Å². The lowest BCUT2D eigenvalue weighted by atomic mass is 10.1. The van der Waals surface area contributed by atoms with Crippen molar-refractivity contribution in [2.75, 3.05) is 0 Å². The predicted octanol–water partition coefficient (Wildman–Crippen LogP) is 2.55. The number of carbonyl (C=O) groups excluding carboxylic acids is 2. The molecule has 2 rings (SSSR count). The quantitative estimate of drug-likeness (QED) is 0.382. The summed E-state index contributed by atoms with van der Waals surface area (Å²) >= 11 is 7.08. The van der Waals surface area contributed by atoms with E-state index in [0.717, 1.165) is 9.13 Å². The van der Waals surface area contributed by atoms with Crippen LogP contribution in [0.2, 0.25) is 0 Å². The summed E-state index contributed by atoms with van der Waals surface area (Å²) in [6.45, 7) is 1.90. The molecule has 23 heavy (non-hydrogen) atoms. The number of benzene rings is 2. The summed E-state index contributed by atoms with van der Waals surface area (Å²) in [4.78, 5) is 24.0. The Morgan fingerprint density at radius 3 is 2.43 bits per heavy atom. The Morgan fingerprint density at radius 1 is 1.00 bits per heavy atom. The molecule has 0 saturated heterocycles. The summed E-state index contributed by atoms with van der Waals surface area (Å²) < 4.78 is 0.814. The van der Waals surface area contributed by atoms with Gasteiger partial charge < -0.3 is 0 Å². The van der Waals surface area contributed by atoms with Gasteiger partial charge in [-0.3, -0.25) is 25.8 Å². The molecule has 0 atom stereocenters. The van der Waals surface area contributed by atoms with Crippen LogP contribution >= 0.6 is 34.8 Å². The summed E-state index contributed by atoms with van der Waals surface area (Å²) in [5, 5.41) is 2.54. The summed E-state index contributed by atoms with van der Waals surface area (Å²) in [5.74, 6) is -0.670. The molecular formula is C16H14IN3O2S. The average Bonchev–Trinajstić information content (AvgIpc) is 2.53. The monoisotopic (exact) mass is 439 g/mol. The van der Waals surface area contributed by atoms with Crippen molar-refractivity contribution in [1.82, 2.24) is 16.2 Å². The van der Waals surface area contributed by atoms with E-state index >= 15 is 0 Å². The van der Waals surface area contributed by atoms with Crippen LogP contribution in [0.1, 0.15) is 26.3 Å². The summed E-state index contributed by atoms with van der Waals surface area (Å²) in [6, 6.07) is 14.3. The summed E-state index contributed by atoms with van der Waals surface area (Å²) in [7, 11) is 0. The van der Waals surface area contributed by atoms with E-state index < -0.39 is 0 Å². The molecule has 2 aromatic rings. The minimum absolute atomic E-state index is 0.0238. The molecule has 2 amide bonds. The van der Waals surface area contributed by atoms with E-state index in [0.29, 0.717) is 11.1 Å². The SMILES string of the molecule is Cc1cccc(C(=O)NNC(=S)NC(=O)c2ccccc2I)c1. The van der Waals surface area contributed by atoms with Gasteiger partial charge in [-0.05, 0) is 66.0 Å². The highest BCUT2D eigenvalue weighted by Crippen LogP contribution is 2.10. The Bertz CT molecular complexity index is 764. The van der Waals surface area contributed by atoms with E-state index in [4.69, 9.17) is 12.2 Å². The molecular weight excluding hydrogens is 425 g/mol. The first-order chi connectivity index (χ1) is 11.0. The Kier molecular flexibility index (Phi) is 6.05. The van der Waals surface area contributed by atoms with E-state index in [9.17, 15) is 9.59 Å². The van der Waals surface area contributed by atoms with Crippen LogP contribution in [0.25, 0.3) is 0 Å². The van der Waals surface area contributed by atoms with Crippen molar-refractivity contribution in [2.24, 2.45) is 0 Å². The molecule has 0 radical (unpaired) electrons. The zero-order chi connectivity index (χ0) is 16.8. The fourth-order valence-corrected chi connectivity index (χ4v) is 2.60. The van der Waals surface area contributed by atoms with Gasteiger partial charge in [0.15, 0.2) is 5.11 Å². The van der Waals surface area contributed by atoms with Gasteiger partial charge in [0.05, 0.1) is 5.56 Å². The number of aryl methyl sites for hydroxylation is 1. The maximum absolute atomic E-state index is 12.1. The van der Waals surface area contributed by atoms with Gasteiger partial charge in [-0.25, -0.2) is 0 Å². The smallest absolute Gasteiger partial charge is 0.269 e. The Morgan fingerprint density at radius 2 is 1.74 bits per heavy atom. The van der Waals surface area contributed by atoms with E-state index in [1.807, 2.05) is 25.1 Å². The second-order valence-corrected chi connectivity index (χ2v) is 6.28. The highest BCUT2D eigenvalue weighted by atomic mass is 127. The normalized spacial score (nSPS) is 9.83. The topological polar surface area (TPSA) is 70.2 Å². The third-order valence-corrected chi connectivity index (χ3v) is 4.06. The molecule has 118 valence electrons. The number of nitrogens with one attached hydrogen (secondary N) is 3. The molecule has 0 aliphatic heterocycles. The largest absolute Gasteiger partial charge is 0.298 e. The van der Waals surface area contributed by atoms with Crippen LogP contribution in [0.4, 0.5) is 0 Å². The highest BCUT2D eigenvalue weighted by molar-refractivity contribution is 14.1. The van der Waals surface area contributed by atoms with Crippen LogP contribution in [-0.4, -0.2) is 16.9 Å². The summed E-state index contributed by atoms with van der Waals surface area (Å²) in [5.41, 5.74) is 6.97. The molecule has 0 unspecified atom stereocenters. The maximum atomic E-state index is 12.1. The van der Waals surface area contributed by atoms with E-state index in [-0.39, 0.29) is 16.9 Å². The number of halogens is 1. The van der Waals surface area contributed by atoms with Crippen molar-refractivity contribution in [2.45, 2.75) is 6.92 Å². The molecule has 3 N–H and O–H groups in total. The molecule has 0 aromatic heterocycles. The number of amides is 2. The predicted molar refractivity (Wildman–Crippen MR) is 101 cm³/mol. The first-order valence-corrected chi connectivity index (χ1v) is 8.19. The molecule has 0 fully saturated rings. The second kappa shape index (κ2) is 8.02. The number of rotatable bonds is 2. The molecule has 0 saturated carbocycles. The Hall–Kier alpha value is -2.00. The lowest BCUT2D eigenvalue weighted by Gasteiger charge is -2.11. The lowest BCUT2D eigenvalue weighted by Crippen LogP contribution is -2.48. The van der Waals surface area contributed by atoms with Gasteiger partial charge in [-0.15, -0.1) is 0 Å². The van der Waals surface area contributed by atoms with Gasteiger partial charge >= 0.3 is 0 Å². The first-order valence-electron chi connectivity index (χ1n) is 6.70. The number of hydrogen-bond donors (Lipinski definition) is 3. The zero-order valence-corrected chi connectivity index (χ0v) is 15.2. The molecule has 0 heterocycles. The van der Waals surface area contributed by atoms with Crippen molar-refractivity contribution in [3.05, 3.63) is 68.8 Å². The third kappa shape index (κ3) is 5.00. The number of carbonyl (C=O) groups is 2. The molecule has 0 spiro atoms. The van der Waals surface area contributed by atoms with Crippen molar-refractivity contribution >= 4 is 51.7 Å². The molecule has 7 heteroatoms. The number of thiocarbonyl (C=S) groups is 1. The van der Waals surface area contributed by atoms with Crippen molar-refractivity contribution in [3.63, 3.8) is 0 Å². The first kappa shape index (κ1) is 17.4. The van der Waals surface area contributed by atoms with Crippen LogP contribution in [-0.2, 0) is 0 Å². The van der Waals surface area contributed by atoms with Crippen molar-refractivity contribution in [3.8, 4) is 0 Å². The molecule has 5 nitrogen and oxygen atoms in total. The fraction of sp³-hybridized carbons (Fsp3) is 0.0625. The van der Waals surface area contributed by atoms with Crippen LogP contribution in [0.5, 0.6) is 0 Å². The van der Waals surface area contributed by atoms with Crippen LogP contribution in [0.15, 0.2) is 48.5 Å². The maximum Gasteiger partial charge on any atom is 0.269 e. The standard InChI is InChI=1S/C16H14IN3O2S/c1-10-5-4-6-11(9-10)14(21)19-20-16(23)18-15(22)12-7-2-3-8-13(12)17/h2-9H,1H3,(H,19,21)(H2,18,20,22,23).